The van der Waals surface area contributed by atoms with E-state index in [0.717, 1.165) is 16.9 Å². The third-order valence-corrected chi connectivity index (χ3v) is 3.14. The van der Waals surface area contributed by atoms with Crippen molar-refractivity contribution in [3.63, 3.8) is 0 Å². The van der Waals surface area contributed by atoms with Crippen LogP contribution in [0, 0.1) is 20.8 Å². The molecule has 2 aromatic rings. The maximum atomic E-state index is 11.6. The fourth-order valence-corrected chi connectivity index (χ4v) is 2.15. The quantitative estimate of drug-likeness (QED) is 0.780. The van der Waals surface area contributed by atoms with Crippen LogP contribution in [-0.4, -0.2) is 9.78 Å². The van der Waals surface area contributed by atoms with Gasteiger partial charge in [-0.1, -0.05) is 17.7 Å². The van der Waals surface area contributed by atoms with Gasteiger partial charge in [-0.15, -0.1) is 11.6 Å². The number of rotatable bonds is 2. The Labute approximate surface area is 111 Å². The van der Waals surface area contributed by atoms with Crippen molar-refractivity contribution in [3.05, 3.63) is 57.0 Å². The molecule has 0 radical (unpaired) electrons. The number of nitrogens with zero attached hydrogens (tertiary/aromatic N) is 2. The minimum absolute atomic E-state index is 0.108. The zero-order chi connectivity index (χ0) is 13.3. The molecule has 0 saturated heterocycles. The molecular weight excluding hydrogens is 248 g/mol. The van der Waals surface area contributed by atoms with Gasteiger partial charge < -0.3 is 0 Å². The zero-order valence-electron chi connectivity index (χ0n) is 10.7. The van der Waals surface area contributed by atoms with E-state index in [1.54, 1.807) is 10.7 Å². The topological polar surface area (TPSA) is 34.9 Å². The molecule has 2 rings (SSSR count). The molecule has 4 heteroatoms. The van der Waals surface area contributed by atoms with E-state index in [1.165, 1.54) is 5.56 Å². The molecule has 0 aliphatic rings. The van der Waals surface area contributed by atoms with Gasteiger partial charge in [-0.2, -0.15) is 5.10 Å². The third kappa shape index (κ3) is 2.31. The van der Waals surface area contributed by atoms with Crippen LogP contribution in [0.4, 0.5) is 0 Å². The first-order chi connectivity index (χ1) is 8.52. The van der Waals surface area contributed by atoms with Crippen molar-refractivity contribution < 1.29 is 0 Å². The molecule has 3 nitrogen and oxygen atoms in total. The largest absolute Gasteiger partial charge is 0.288 e. The lowest BCUT2D eigenvalue weighted by atomic mass is 10.1. The molecule has 0 aliphatic heterocycles. The van der Waals surface area contributed by atoms with Crippen LogP contribution in [-0.2, 0) is 5.88 Å². The number of alkyl halides is 1. The summed E-state index contributed by atoms with van der Waals surface area (Å²) >= 11 is 5.73. The number of halogens is 1. The van der Waals surface area contributed by atoms with E-state index < -0.39 is 0 Å². The van der Waals surface area contributed by atoms with Crippen molar-refractivity contribution in [2.24, 2.45) is 0 Å². The smallest absolute Gasteiger partial charge is 0.204 e. The van der Waals surface area contributed by atoms with Crippen molar-refractivity contribution in [3.8, 4) is 5.69 Å². The summed E-state index contributed by atoms with van der Waals surface area (Å²) in [4.78, 5) is 11.6. The Kier molecular flexibility index (Phi) is 3.53. The van der Waals surface area contributed by atoms with E-state index in [-0.39, 0.29) is 11.3 Å². The Balaban J connectivity index is 2.67. The molecule has 0 atom stereocenters. The average molecular weight is 263 g/mol. The summed E-state index contributed by atoms with van der Waals surface area (Å²) in [5.41, 5.74) is 4.37. The molecule has 94 valence electrons. The fraction of sp³-hybridized carbons (Fsp3) is 0.286. The van der Waals surface area contributed by atoms with E-state index in [0.29, 0.717) is 5.69 Å². The zero-order valence-corrected chi connectivity index (χ0v) is 11.5. The van der Waals surface area contributed by atoms with E-state index in [9.17, 15) is 4.79 Å². The molecule has 0 amide bonds. The highest BCUT2D eigenvalue weighted by atomic mass is 35.5. The van der Waals surface area contributed by atoms with E-state index in [2.05, 4.69) is 11.2 Å². The van der Waals surface area contributed by atoms with Gasteiger partial charge in [0.25, 0.3) is 0 Å². The summed E-state index contributed by atoms with van der Waals surface area (Å²) in [5.74, 6) is 0.129. The van der Waals surface area contributed by atoms with Gasteiger partial charge in [0, 0.05) is 11.8 Å². The second kappa shape index (κ2) is 4.94. The highest BCUT2D eigenvalue weighted by molar-refractivity contribution is 6.16. The number of hydrogen-bond acceptors (Lipinski definition) is 2. The standard InChI is InChI=1S/C14H15ClN2O/c1-9-4-5-13(10(2)6-9)17-11(3)7-14(18)12(8-15)16-17/h4-7H,8H2,1-3H3. The minimum atomic E-state index is -0.108. The van der Waals surface area contributed by atoms with Crippen LogP contribution >= 0.6 is 11.6 Å². The molecule has 0 N–H and O–H groups in total. The lowest BCUT2D eigenvalue weighted by Crippen LogP contribution is -2.18. The van der Waals surface area contributed by atoms with E-state index >= 15 is 0 Å². The molecule has 0 fully saturated rings. The Morgan fingerprint density at radius 3 is 2.56 bits per heavy atom. The molecule has 1 aromatic carbocycles. The highest BCUT2D eigenvalue weighted by Gasteiger charge is 2.08. The van der Waals surface area contributed by atoms with Crippen LogP contribution in [0.1, 0.15) is 22.5 Å². The van der Waals surface area contributed by atoms with Gasteiger partial charge in [0.15, 0.2) is 0 Å². The summed E-state index contributed by atoms with van der Waals surface area (Å²) in [6.07, 6.45) is 0. The van der Waals surface area contributed by atoms with Crippen molar-refractivity contribution >= 4 is 11.6 Å². The maximum Gasteiger partial charge on any atom is 0.204 e. The maximum absolute atomic E-state index is 11.6. The van der Waals surface area contributed by atoms with E-state index in [1.807, 2.05) is 32.9 Å². The Hall–Kier alpha value is -1.61. The van der Waals surface area contributed by atoms with Crippen LogP contribution < -0.4 is 5.43 Å². The van der Waals surface area contributed by atoms with Crippen LogP contribution in [0.15, 0.2) is 29.1 Å². The molecule has 1 heterocycles. The van der Waals surface area contributed by atoms with Crippen molar-refractivity contribution in [2.75, 3.05) is 0 Å². The van der Waals surface area contributed by atoms with Crippen LogP contribution in [0.5, 0.6) is 0 Å². The molecule has 0 unspecified atom stereocenters. The monoisotopic (exact) mass is 262 g/mol. The first-order valence-corrected chi connectivity index (χ1v) is 6.30. The second-order valence-electron chi connectivity index (χ2n) is 4.43. The first-order valence-electron chi connectivity index (χ1n) is 5.76. The Morgan fingerprint density at radius 2 is 1.94 bits per heavy atom. The van der Waals surface area contributed by atoms with Gasteiger partial charge in [0.1, 0.15) is 5.69 Å². The first kappa shape index (κ1) is 12.8. The third-order valence-electron chi connectivity index (χ3n) is 2.89. The average Bonchev–Trinajstić information content (AvgIpc) is 2.30. The minimum Gasteiger partial charge on any atom is -0.288 e. The molecule has 18 heavy (non-hydrogen) atoms. The van der Waals surface area contributed by atoms with Crippen molar-refractivity contribution in [1.82, 2.24) is 9.78 Å². The predicted molar refractivity (Wildman–Crippen MR) is 73.6 cm³/mol. The van der Waals surface area contributed by atoms with Crippen molar-refractivity contribution in [2.45, 2.75) is 26.7 Å². The normalized spacial score (nSPS) is 10.7. The number of benzene rings is 1. The molecule has 0 aliphatic carbocycles. The number of hydrogen-bond donors (Lipinski definition) is 0. The molecule has 0 spiro atoms. The molecular formula is C14H15ClN2O. The van der Waals surface area contributed by atoms with Gasteiger partial charge in [0.2, 0.25) is 5.43 Å². The van der Waals surface area contributed by atoms with Gasteiger partial charge >= 0.3 is 0 Å². The summed E-state index contributed by atoms with van der Waals surface area (Å²) in [5, 5.41) is 4.32. The summed E-state index contributed by atoms with van der Waals surface area (Å²) < 4.78 is 1.77. The Bertz CT molecular complexity index is 647. The molecule has 0 bridgehead atoms. The summed E-state index contributed by atoms with van der Waals surface area (Å²) in [6.45, 7) is 5.94. The predicted octanol–water partition coefficient (Wildman–Crippen LogP) is 2.90. The molecule has 0 saturated carbocycles. The summed E-state index contributed by atoms with van der Waals surface area (Å²) in [7, 11) is 0. The van der Waals surface area contributed by atoms with Gasteiger partial charge in [0.05, 0.1) is 11.6 Å². The van der Waals surface area contributed by atoms with Crippen molar-refractivity contribution in [1.29, 1.82) is 0 Å². The van der Waals surface area contributed by atoms with Gasteiger partial charge in [-0.05, 0) is 32.4 Å². The van der Waals surface area contributed by atoms with Crippen LogP contribution in [0.3, 0.4) is 0 Å². The van der Waals surface area contributed by atoms with Gasteiger partial charge in [-0.25, -0.2) is 4.68 Å². The summed E-state index contributed by atoms with van der Waals surface area (Å²) in [6, 6.07) is 7.70. The fourth-order valence-electron chi connectivity index (χ4n) is 1.96. The lowest BCUT2D eigenvalue weighted by Gasteiger charge is -2.13. The SMILES string of the molecule is Cc1ccc(-n2nc(CCl)c(=O)cc2C)c(C)c1. The van der Waals surface area contributed by atoms with Crippen LogP contribution in [0.2, 0.25) is 0 Å². The second-order valence-corrected chi connectivity index (χ2v) is 4.70. The lowest BCUT2D eigenvalue weighted by molar-refractivity contribution is 0.768. The number of aryl methyl sites for hydroxylation is 3. The highest BCUT2D eigenvalue weighted by Crippen LogP contribution is 2.16. The van der Waals surface area contributed by atoms with Crippen LogP contribution in [0.25, 0.3) is 5.69 Å². The Morgan fingerprint density at radius 1 is 1.22 bits per heavy atom. The van der Waals surface area contributed by atoms with Gasteiger partial charge in [-0.3, -0.25) is 4.79 Å². The number of aromatic nitrogens is 2. The van der Waals surface area contributed by atoms with E-state index in [4.69, 9.17) is 11.6 Å². The molecule has 1 aromatic heterocycles.